The molecule has 1 fully saturated rings. The van der Waals surface area contributed by atoms with E-state index in [0.717, 1.165) is 44.2 Å². The van der Waals surface area contributed by atoms with Crippen LogP contribution in [0.2, 0.25) is 0 Å². The number of phenols is 1. The van der Waals surface area contributed by atoms with Gasteiger partial charge in [0.1, 0.15) is 5.75 Å². The van der Waals surface area contributed by atoms with Gasteiger partial charge < -0.3 is 15.1 Å². The Bertz CT molecular complexity index is 1000. The van der Waals surface area contributed by atoms with Gasteiger partial charge in [0.05, 0.1) is 0 Å². The standard InChI is InChI=1S/C31H41NO2/c1-3-32-18-16-24(17-19-32)26-14-15-29(23(2)21-26)31(27-11-7-12-28(34)22-27)30(13-8-20-33)25-9-5-4-6-10-25/h5,7,9-12,14-15,22-24,33-34H,3-4,6,8,13,16-21H2,1-2H3/b31-30-/t23-/m1/s1. The summed E-state index contributed by atoms with van der Waals surface area (Å²) in [5, 5.41) is 20.0. The molecule has 1 atom stereocenters. The van der Waals surface area contributed by atoms with E-state index in [1.165, 1.54) is 48.2 Å². The third kappa shape index (κ3) is 5.82. The molecule has 0 amide bonds. The van der Waals surface area contributed by atoms with Crippen LogP contribution in [0.1, 0.15) is 64.4 Å². The summed E-state index contributed by atoms with van der Waals surface area (Å²) in [5.74, 6) is 1.42. The van der Waals surface area contributed by atoms with Crippen LogP contribution in [-0.2, 0) is 0 Å². The second kappa shape index (κ2) is 11.9. The van der Waals surface area contributed by atoms with Crippen molar-refractivity contribution in [3.63, 3.8) is 0 Å². The highest BCUT2D eigenvalue weighted by molar-refractivity contribution is 5.86. The lowest BCUT2D eigenvalue weighted by molar-refractivity contribution is 0.205. The molecular weight excluding hydrogens is 418 g/mol. The summed E-state index contributed by atoms with van der Waals surface area (Å²) in [6, 6.07) is 7.70. The molecule has 3 aliphatic rings. The monoisotopic (exact) mass is 459 g/mol. The molecule has 34 heavy (non-hydrogen) atoms. The van der Waals surface area contributed by atoms with E-state index in [2.05, 4.69) is 55.2 Å². The van der Waals surface area contributed by atoms with Gasteiger partial charge in [-0.3, -0.25) is 0 Å². The Labute approximate surface area is 205 Å². The van der Waals surface area contributed by atoms with Crippen LogP contribution in [0.15, 0.2) is 76.9 Å². The van der Waals surface area contributed by atoms with Crippen molar-refractivity contribution < 1.29 is 10.2 Å². The van der Waals surface area contributed by atoms with Crippen molar-refractivity contribution in [3.05, 3.63) is 82.5 Å². The molecule has 0 bridgehead atoms. The maximum absolute atomic E-state index is 10.3. The third-order valence-electron chi connectivity index (χ3n) is 7.76. The summed E-state index contributed by atoms with van der Waals surface area (Å²) in [7, 11) is 0. The predicted molar refractivity (Wildman–Crippen MR) is 143 cm³/mol. The maximum Gasteiger partial charge on any atom is 0.116 e. The topological polar surface area (TPSA) is 43.7 Å². The first-order valence-corrected chi connectivity index (χ1v) is 13.2. The van der Waals surface area contributed by atoms with Crippen molar-refractivity contribution in [2.45, 2.75) is 58.8 Å². The molecule has 4 rings (SSSR count). The van der Waals surface area contributed by atoms with E-state index in [9.17, 15) is 10.2 Å². The zero-order chi connectivity index (χ0) is 23.9. The minimum Gasteiger partial charge on any atom is -0.508 e. The normalized spacial score (nSPS) is 22.7. The summed E-state index contributed by atoms with van der Waals surface area (Å²) in [4.78, 5) is 2.56. The number of allylic oxidation sites excluding steroid dienone is 10. The minimum atomic E-state index is 0.183. The fraction of sp³-hybridized carbons (Fsp3) is 0.484. The Hall–Kier alpha value is -2.36. The number of phenolic OH excluding ortho intramolecular Hbond substituents is 1. The Morgan fingerprint density at radius 3 is 2.59 bits per heavy atom. The Kier molecular flexibility index (Phi) is 8.64. The molecule has 3 heteroatoms. The Morgan fingerprint density at radius 2 is 1.94 bits per heavy atom. The van der Waals surface area contributed by atoms with Gasteiger partial charge in [0.25, 0.3) is 0 Å². The number of aliphatic hydroxyl groups is 1. The number of aliphatic hydroxyl groups excluding tert-OH is 1. The van der Waals surface area contributed by atoms with Gasteiger partial charge in [0.2, 0.25) is 0 Å². The van der Waals surface area contributed by atoms with Gasteiger partial charge >= 0.3 is 0 Å². The summed E-state index contributed by atoms with van der Waals surface area (Å²) in [5.41, 5.74) is 7.84. The van der Waals surface area contributed by atoms with Crippen LogP contribution in [0.25, 0.3) is 5.57 Å². The molecule has 0 spiro atoms. The smallest absolute Gasteiger partial charge is 0.116 e. The molecule has 1 heterocycles. The van der Waals surface area contributed by atoms with Crippen LogP contribution in [-0.4, -0.2) is 41.4 Å². The van der Waals surface area contributed by atoms with Crippen LogP contribution < -0.4 is 0 Å². The van der Waals surface area contributed by atoms with Crippen molar-refractivity contribution in [2.24, 2.45) is 11.8 Å². The van der Waals surface area contributed by atoms with Gasteiger partial charge in [-0.2, -0.15) is 0 Å². The van der Waals surface area contributed by atoms with Gasteiger partial charge in [-0.1, -0.05) is 61.9 Å². The van der Waals surface area contributed by atoms with Crippen molar-refractivity contribution in [3.8, 4) is 5.75 Å². The SMILES string of the molecule is CCN1CCC(C2=CC=C(/C(=C(/CCCO)C3=CCCC=C3)c3cccc(O)c3)[C@H](C)C2)CC1. The van der Waals surface area contributed by atoms with Crippen molar-refractivity contribution in [1.82, 2.24) is 4.90 Å². The average Bonchev–Trinajstić information content (AvgIpc) is 2.87. The number of aromatic hydroxyl groups is 1. The van der Waals surface area contributed by atoms with Crippen LogP contribution >= 0.6 is 0 Å². The quantitative estimate of drug-likeness (QED) is 0.448. The average molecular weight is 460 g/mol. The second-order valence-electron chi connectivity index (χ2n) is 10.0. The van der Waals surface area contributed by atoms with Gasteiger partial charge in [-0.15, -0.1) is 0 Å². The lowest BCUT2D eigenvalue weighted by Gasteiger charge is -2.35. The molecule has 1 aromatic rings. The van der Waals surface area contributed by atoms with Crippen LogP contribution in [0, 0.1) is 11.8 Å². The molecular formula is C31H41NO2. The number of rotatable bonds is 8. The minimum absolute atomic E-state index is 0.183. The lowest BCUT2D eigenvalue weighted by atomic mass is 9.74. The van der Waals surface area contributed by atoms with E-state index < -0.39 is 0 Å². The number of hydrogen-bond acceptors (Lipinski definition) is 3. The summed E-state index contributed by atoms with van der Waals surface area (Å²) < 4.78 is 0. The molecule has 0 saturated carbocycles. The van der Waals surface area contributed by atoms with E-state index in [0.29, 0.717) is 17.6 Å². The third-order valence-corrected chi connectivity index (χ3v) is 7.76. The van der Waals surface area contributed by atoms with Gasteiger partial charge in [-0.05, 0) is 116 Å². The van der Waals surface area contributed by atoms with Gasteiger partial charge in [-0.25, -0.2) is 0 Å². The molecule has 0 radical (unpaired) electrons. The van der Waals surface area contributed by atoms with E-state index in [4.69, 9.17) is 0 Å². The highest BCUT2D eigenvalue weighted by Gasteiger charge is 2.28. The molecule has 2 N–H and O–H groups in total. The fourth-order valence-electron chi connectivity index (χ4n) is 5.83. The number of likely N-dealkylation sites (tertiary alicyclic amines) is 1. The van der Waals surface area contributed by atoms with Gasteiger partial charge in [0, 0.05) is 6.61 Å². The molecule has 2 aliphatic carbocycles. The summed E-state index contributed by atoms with van der Waals surface area (Å²) in [6.45, 7) is 8.39. The first-order valence-electron chi connectivity index (χ1n) is 13.2. The predicted octanol–water partition coefficient (Wildman–Crippen LogP) is 6.82. The van der Waals surface area contributed by atoms with Crippen molar-refractivity contribution in [2.75, 3.05) is 26.2 Å². The first kappa shape index (κ1) is 24.8. The zero-order valence-corrected chi connectivity index (χ0v) is 21.0. The van der Waals surface area contributed by atoms with E-state index >= 15 is 0 Å². The second-order valence-corrected chi connectivity index (χ2v) is 10.0. The van der Waals surface area contributed by atoms with Crippen LogP contribution in [0.5, 0.6) is 5.75 Å². The lowest BCUT2D eigenvalue weighted by Crippen LogP contribution is -2.34. The van der Waals surface area contributed by atoms with Crippen LogP contribution in [0.4, 0.5) is 0 Å². The number of hydrogen-bond donors (Lipinski definition) is 2. The highest BCUT2D eigenvalue weighted by Crippen LogP contribution is 2.43. The summed E-state index contributed by atoms with van der Waals surface area (Å²) >= 11 is 0. The van der Waals surface area contributed by atoms with E-state index in [1.54, 1.807) is 11.6 Å². The van der Waals surface area contributed by atoms with Crippen LogP contribution in [0.3, 0.4) is 0 Å². The molecule has 1 aromatic carbocycles. The van der Waals surface area contributed by atoms with Gasteiger partial charge in [0.15, 0.2) is 0 Å². The Morgan fingerprint density at radius 1 is 1.12 bits per heavy atom. The largest absolute Gasteiger partial charge is 0.508 e. The maximum atomic E-state index is 10.3. The molecule has 182 valence electrons. The number of nitrogens with zero attached hydrogens (tertiary/aromatic N) is 1. The molecule has 0 unspecified atom stereocenters. The zero-order valence-electron chi connectivity index (χ0n) is 21.0. The summed E-state index contributed by atoms with van der Waals surface area (Å²) in [6.07, 6.45) is 18.9. The fourth-order valence-corrected chi connectivity index (χ4v) is 5.83. The van der Waals surface area contributed by atoms with E-state index in [-0.39, 0.29) is 6.61 Å². The molecule has 0 aromatic heterocycles. The molecule has 1 aliphatic heterocycles. The number of benzene rings is 1. The Balaban J connectivity index is 1.76. The van der Waals surface area contributed by atoms with Crippen molar-refractivity contribution in [1.29, 1.82) is 0 Å². The number of piperidine rings is 1. The highest BCUT2D eigenvalue weighted by atomic mass is 16.3. The molecule has 1 saturated heterocycles. The van der Waals surface area contributed by atoms with Crippen molar-refractivity contribution >= 4 is 5.57 Å². The first-order chi connectivity index (χ1) is 16.6. The van der Waals surface area contributed by atoms with E-state index in [1.807, 2.05) is 12.1 Å². The molecule has 3 nitrogen and oxygen atoms in total.